The third kappa shape index (κ3) is 5.39. The Morgan fingerprint density at radius 3 is 2.88 bits per heavy atom. The molecule has 6 nitrogen and oxygen atoms in total. The van der Waals surface area contributed by atoms with Crippen LogP contribution >= 0.6 is 0 Å². The van der Waals surface area contributed by atoms with Crippen LogP contribution < -0.4 is 10.1 Å². The average molecular weight is 344 g/mol. The van der Waals surface area contributed by atoms with Crippen molar-refractivity contribution in [1.29, 1.82) is 0 Å². The van der Waals surface area contributed by atoms with Gasteiger partial charge in [-0.15, -0.1) is 0 Å². The van der Waals surface area contributed by atoms with Crippen LogP contribution in [0.1, 0.15) is 36.9 Å². The molecule has 2 heterocycles. The first-order valence-electron chi connectivity index (χ1n) is 9.14. The molecule has 1 aromatic carbocycles. The zero-order valence-corrected chi connectivity index (χ0v) is 14.9. The van der Waals surface area contributed by atoms with Crippen LogP contribution in [-0.4, -0.2) is 46.2 Å². The van der Waals surface area contributed by atoms with E-state index in [2.05, 4.69) is 38.4 Å². The van der Waals surface area contributed by atoms with Crippen molar-refractivity contribution in [3.8, 4) is 11.6 Å². The van der Waals surface area contributed by atoms with Gasteiger partial charge >= 0.3 is 0 Å². The molecule has 1 aromatic heterocycles. The van der Waals surface area contributed by atoms with Crippen molar-refractivity contribution in [2.24, 2.45) is 0 Å². The van der Waals surface area contributed by atoms with Gasteiger partial charge in [-0.3, -0.25) is 4.90 Å². The van der Waals surface area contributed by atoms with Gasteiger partial charge in [0.25, 0.3) is 0 Å². The summed E-state index contributed by atoms with van der Waals surface area (Å²) in [5.74, 6) is 1.57. The molecule has 2 aromatic rings. The second-order valence-corrected chi connectivity index (χ2v) is 6.65. The van der Waals surface area contributed by atoms with Crippen LogP contribution in [0.3, 0.4) is 0 Å². The van der Waals surface area contributed by atoms with E-state index in [0.29, 0.717) is 18.2 Å². The molecule has 1 saturated heterocycles. The number of aromatic amines is 1. The van der Waals surface area contributed by atoms with E-state index >= 15 is 0 Å². The van der Waals surface area contributed by atoms with E-state index < -0.39 is 0 Å². The largest absolute Gasteiger partial charge is 0.494 e. The van der Waals surface area contributed by atoms with E-state index in [0.717, 1.165) is 25.3 Å². The first kappa shape index (κ1) is 17.6. The summed E-state index contributed by atoms with van der Waals surface area (Å²) in [5.41, 5.74) is 1.99. The van der Waals surface area contributed by atoms with Crippen molar-refractivity contribution in [3.05, 3.63) is 35.5 Å². The Kier molecular flexibility index (Phi) is 6.17. The Bertz CT molecular complexity index is 646. The summed E-state index contributed by atoms with van der Waals surface area (Å²) < 4.78 is 5.86. The minimum atomic E-state index is 0.0456. The van der Waals surface area contributed by atoms with Gasteiger partial charge in [0, 0.05) is 13.1 Å². The maximum atomic E-state index is 9.42. The molecule has 0 amide bonds. The predicted octanol–water partition coefficient (Wildman–Crippen LogP) is 3.29. The lowest BCUT2D eigenvalue weighted by Gasteiger charge is -2.26. The Labute approximate surface area is 149 Å². The minimum absolute atomic E-state index is 0.0456. The molecule has 0 radical (unpaired) electrons. The van der Waals surface area contributed by atoms with Gasteiger partial charge in [-0.05, 0) is 57.0 Å². The number of likely N-dealkylation sites (tertiary alicyclic amines) is 1. The molecule has 0 saturated carbocycles. The van der Waals surface area contributed by atoms with Crippen molar-refractivity contribution in [1.82, 2.24) is 14.9 Å². The summed E-state index contributed by atoms with van der Waals surface area (Å²) in [6.45, 7) is 6.59. The molecule has 6 heteroatoms. The number of ether oxygens (including phenoxy) is 1. The smallest absolute Gasteiger partial charge is 0.233 e. The van der Waals surface area contributed by atoms with Gasteiger partial charge in [0.05, 0.1) is 12.3 Å². The van der Waals surface area contributed by atoms with Crippen LogP contribution in [0, 0.1) is 6.92 Å². The van der Waals surface area contributed by atoms with E-state index in [9.17, 15) is 5.11 Å². The maximum absolute atomic E-state index is 9.42. The molecular formula is C19H28N4O2. The Morgan fingerprint density at radius 1 is 1.28 bits per heavy atom. The number of anilines is 1. The standard InChI is InChI=1S/C19H28N4O2/c1-15-18(24)22-19(21-15)20-9-6-12-25-17-8-5-7-16(13-17)14-23-10-3-2-4-11-23/h5,7-8,13,24H,2-4,6,9-12,14H2,1H3,(H2,20,21,22). The number of benzene rings is 1. The number of aromatic nitrogens is 2. The summed E-state index contributed by atoms with van der Waals surface area (Å²) in [4.78, 5) is 9.48. The van der Waals surface area contributed by atoms with E-state index in [1.807, 2.05) is 6.07 Å². The van der Waals surface area contributed by atoms with Crippen molar-refractivity contribution in [3.63, 3.8) is 0 Å². The second kappa shape index (κ2) is 8.76. The molecule has 0 bridgehead atoms. The molecule has 3 N–H and O–H groups in total. The number of hydrogen-bond donors (Lipinski definition) is 3. The molecule has 1 fully saturated rings. The number of nitrogens with zero attached hydrogens (tertiary/aromatic N) is 2. The first-order chi connectivity index (χ1) is 12.2. The summed E-state index contributed by atoms with van der Waals surface area (Å²) in [5, 5.41) is 12.6. The highest BCUT2D eigenvalue weighted by Gasteiger charge is 2.10. The number of piperidine rings is 1. The minimum Gasteiger partial charge on any atom is -0.494 e. The van der Waals surface area contributed by atoms with Gasteiger partial charge in [-0.2, -0.15) is 4.98 Å². The van der Waals surface area contributed by atoms with Gasteiger partial charge in [-0.1, -0.05) is 18.6 Å². The SMILES string of the molecule is Cc1[nH]c(NCCCOc2cccc(CN3CCCCC3)c2)nc1O. The number of aryl methyl sites for hydroxylation is 1. The van der Waals surface area contributed by atoms with Gasteiger partial charge in [-0.25, -0.2) is 0 Å². The van der Waals surface area contributed by atoms with Crippen LogP contribution in [0.15, 0.2) is 24.3 Å². The van der Waals surface area contributed by atoms with Crippen molar-refractivity contribution >= 4 is 5.95 Å². The zero-order chi connectivity index (χ0) is 17.5. The van der Waals surface area contributed by atoms with Crippen molar-refractivity contribution in [2.45, 2.75) is 39.2 Å². The highest BCUT2D eigenvalue weighted by molar-refractivity contribution is 5.33. The quantitative estimate of drug-likeness (QED) is 0.641. The van der Waals surface area contributed by atoms with E-state index in [1.165, 1.54) is 37.9 Å². The van der Waals surface area contributed by atoms with Crippen molar-refractivity contribution in [2.75, 3.05) is 31.6 Å². The molecule has 136 valence electrons. The Hall–Kier alpha value is -2.21. The molecule has 3 rings (SSSR count). The molecule has 25 heavy (non-hydrogen) atoms. The number of H-pyrrole nitrogens is 1. The summed E-state index contributed by atoms with van der Waals surface area (Å²) in [7, 11) is 0. The third-order valence-corrected chi connectivity index (χ3v) is 4.49. The fraction of sp³-hybridized carbons (Fsp3) is 0.526. The van der Waals surface area contributed by atoms with E-state index in [-0.39, 0.29) is 5.88 Å². The normalized spacial score (nSPS) is 15.2. The summed E-state index contributed by atoms with van der Waals surface area (Å²) in [6, 6.07) is 8.41. The van der Waals surface area contributed by atoms with Gasteiger partial charge in [0.15, 0.2) is 0 Å². The predicted molar refractivity (Wildman–Crippen MR) is 99.2 cm³/mol. The highest BCUT2D eigenvalue weighted by atomic mass is 16.5. The fourth-order valence-electron chi connectivity index (χ4n) is 3.11. The molecule has 0 unspecified atom stereocenters. The average Bonchev–Trinajstić information content (AvgIpc) is 2.94. The second-order valence-electron chi connectivity index (χ2n) is 6.65. The lowest BCUT2D eigenvalue weighted by molar-refractivity contribution is 0.220. The van der Waals surface area contributed by atoms with Gasteiger partial charge in [0.1, 0.15) is 5.75 Å². The fourth-order valence-corrected chi connectivity index (χ4v) is 3.11. The first-order valence-corrected chi connectivity index (χ1v) is 9.14. The highest BCUT2D eigenvalue weighted by Crippen LogP contribution is 2.18. The molecule has 1 aliphatic heterocycles. The number of imidazole rings is 1. The van der Waals surface area contributed by atoms with Crippen LogP contribution in [-0.2, 0) is 6.54 Å². The number of aromatic hydroxyl groups is 1. The number of nitrogens with one attached hydrogen (secondary N) is 2. The third-order valence-electron chi connectivity index (χ3n) is 4.49. The maximum Gasteiger partial charge on any atom is 0.233 e. The lowest BCUT2D eigenvalue weighted by Crippen LogP contribution is -2.29. The number of hydrogen-bond acceptors (Lipinski definition) is 5. The van der Waals surface area contributed by atoms with Crippen molar-refractivity contribution < 1.29 is 9.84 Å². The van der Waals surface area contributed by atoms with Gasteiger partial charge < -0.3 is 20.1 Å². The topological polar surface area (TPSA) is 73.4 Å². The molecule has 0 atom stereocenters. The molecule has 0 aliphatic carbocycles. The van der Waals surface area contributed by atoms with Gasteiger partial charge in [0.2, 0.25) is 11.8 Å². The van der Waals surface area contributed by atoms with Crippen LogP contribution in [0.4, 0.5) is 5.95 Å². The van der Waals surface area contributed by atoms with Crippen LogP contribution in [0.25, 0.3) is 0 Å². The number of rotatable bonds is 8. The molecular weight excluding hydrogens is 316 g/mol. The monoisotopic (exact) mass is 344 g/mol. The van der Waals surface area contributed by atoms with E-state index in [1.54, 1.807) is 6.92 Å². The van der Waals surface area contributed by atoms with E-state index in [4.69, 9.17) is 4.74 Å². The summed E-state index contributed by atoms with van der Waals surface area (Å²) >= 11 is 0. The zero-order valence-electron chi connectivity index (χ0n) is 14.9. The molecule has 0 spiro atoms. The lowest BCUT2D eigenvalue weighted by atomic mass is 10.1. The summed E-state index contributed by atoms with van der Waals surface area (Å²) in [6.07, 6.45) is 4.86. The van der Waals surface area contributed by atoms with Crippen LogP contribution in [0.5, 0.6) is 11.6 Å². The Morgan fingerprint density at radius 2 is 2.12 bits per heavy atom. The Balaban J connectivity index is 1.38. The van der Waals surface area contributed by atoms with Crippen LogP contribution in [0.2, 0.25) is 0 Å². The molecule has 1 aliphatic rings.